The second kappa shape index (κ2) is 4.39. The molecule has 1 aliphatic rings. The first kappa shape index (κ1) is 11.4. The summed E-state index contributed by atoms with van der Waals surface area (Å²) in [6.07, 6.45) is 0.877. The Labute approximate surface area is 98.4 Å². The highest BCUT2D eigenvalue weighted by Gasteiger charge is 2.22. The number of nitrogens with two attached hydrogens (primary N) is 1. The molecule has 0 aliphatic carbocycles. The molecule has 1 aliphatic heterocycles. The van der Waals surface area contributed by atoms with Gasteiger partial charge in [0.05, 0.1) is 16.2 Å². The Morgan fingerprint density at radius 3 is 2.88 bits per heavy atom. The van der Waals surface area contributed by atoms with Gasteiger partial charge in [-0.05, 0) is 12.5 Å². The second-order valence-electron chi connectivity index (χ2n) is 4.07. The monoisotopic (exact) mass is 232 g/mol. The fourth-order valence-electron chi connectivity index (χ4n) is 2.01. The van der Waals surface area contributed by atoms with Crippen molar-refractivity contribution in [2.75, 3.05) is 18.0 Å². The number of nitrogens with zero attached hydrogens (tertiary/aromatic N) is 3. The third kappa shape index (κ3) is 2.19. The number of hydrogen-bond donors (Lipinski definition) is 1. The first-order valence-electron chi connectivity index (χ1n) is 5.31. The zero-order chi connectivity index (χ0) is 12.4. The summed E-state index contributed by atoms with van der Waals surface area (Å²) in [7, 11) is 0. The third-order valence-electron chi connectivity index (χ3n) is 2.88. The minimum atomic E-state index is -0.500. The summed E-state index contributed by atoms with van der Waals surface area (Å²) in [5.74, 6) is 0. The van der Waals surface area contributed by atoms with Gasteiger partial charge in [-0.3, -0.25) is 10.1 Å². The van der Waals surface area contributed by atoms with E-state index in [1.54, 1.807) is 6.07 Å². The fraction of sp³-hybridized carbons (Fsp3) is 0.364. The molecule has 2 rings (SSSR count). The number of rotatable bonds is 2. The van der Waals surface area contributed by atoms with Crippen molar-refractivity contribution in [3.8, 4) is 6.07 Å². The molecule has 1 atom stereocenters. The quantitative estimate of drug-likeness (QED) is 0.606. The van der Waals surface area contributed by atoms with E-state index < -0.39 is 4.92 Å². The van der Waals surface area contributed by atoms with Crippen LogP contribution in [0.1, 0.15) is 12.0 Å². The summed E-state index contributed by atoms with van der Waals surface area (Å²) in [5, 5.41) is 19.6. The Bertz CT molecular complexity index is 495. The van der Waals surface area contributed by atoms with Crippen LogP contribution in [0.4, 0.5) is 11.4 Å². The van der Waals surface area contributed by atoms with Crippen LogP contribution in [0.25, 0.3) is 0 Å². The highest BCUT2D eigenvalue weighted by molar-refractivity contribution is 5.63. The molecule has 0 bridgehead atoms. The molecule has 0 saturated carbocycles. The first-order valence-corrected chi connectivity index (χ1v) is 5.31. The number of nitriles is 1. The molecule has 6 nitrogen and oxygen atoms in total. The van der Waals surface area contributed by atoms with E-state index in [-0.39, 0.29) is 11.7 Å². The normalized spacial score (nSPS) is 19.1. The summed E-state index contributed by atoms with van der Waals surface area (Å²) >= 11 is 0. The van der Waals surface area contributed by atoms with E-state index in [4.69, 9.17) is 11.0 Å². The molecular formula is C11H12N4O2. The molecule has 0 radical (unpaired) electrons. The van der Waals surface area contributed by atoms with E-state index in [0.29, 0.717) is 12.1 Å². The van der Waals surface area contributed by atoms with Crippen molar-refractivity contribution in [2.24, 2.45) is 5.73 Å². The molecule has 1 fully saturated rings. The van der Waals surface area contributed by atoms with E-state index in [1.807, 2.05) is 11.0 Å². The van der Waals surface area contributed by atoms with Gasteiger partial charge in [0.15, 0.2) is 0 Å². The van der Waals surface area contributed by atoms with E-state index in [1.165, 1.54) is 12.1 Å². The van der Waals surface area contributed by atoms with Crippen LogP contribution in [0.5, 0.6) is 0 Å². The number of non-ortho nitro benzene ring substituents is 1. The van der Waals surface area contributed by atoms with Crippen LogP contribution in [0.15, 0.2) is 18.2 Å². The fourth-order valence-corrected chi connectivity index (χ4v) is 2.01. The number of nitro benzene ring substituents is 1. The van der Waals surface area contributed by atoms with Gasteiger partial charge in [0.1, 0.15) is 6.07 Å². The number of anilines is 1. The van der Waals surface area contributed by atoms with Crippen molar-refractivity contribution < 1.29 is 4.92 Å². The SMILES string of the molecule is N#Cc1cc([N+](=O)[O-])ccc1N1CCC(N)C1. The zero-order valence-electron chi connectivity index (χ0n) is 9.17. The van der Waals surface area contributed by atoms with E-state index in [2.05, 4.69) is 0 Å². The Balaban J connectivity index is 2.35. The van der Waals surface area contributed by atoms with Gasteiger partial charge in [-0.25, -0.2) is 0 Å². The molecule has 88 valence electrons. The average Bonchev–Trinajstić information content (AvgIpc) is 2.74. The summed E-state index contributed by atoms with van der Waals surface area (Å²) in [4.78, 5) is 12.1. The summed E-state index contributed by atoms with van der Waals surface area (Å²) in [5.41, 5.74) is 6.79. The largest absolute Gasteiger partial charge is 0.369 e. The lowest BCUT2D eigenvalue weighted by Gasteiger charge is -2.18. The maximum Gasteiger partial charge on any atom is 0.270 e. The molecule has 1 aromatic carbocycles. The minimum absolute atomic E-state index is 0.0613. The van der Waals surface area contributed by atoms with Crippen LogP contribution in [0, 0.1) is 21.4 Å². The third-order valence-corrected chi connectivity index (χ3v) is 2.88. The molecule has 1 saturated heterocycles. The van der Waals surface area contributed by atoms with Crippen molar-refractivity contribution >= 4 is 11.4 Å². The zero-order valence-corrected chi connectivity index (χ0v) is 9.17. The number of nitro groups is 1. The minimum Gasteiger partial charge on any atom is -0.369 e. The van der Waals surface area contributed by atoms with Gasteiger partial charge in [-0.2, -0.15) is 5.26 Å². The number of hydrogen-bond acceptors (Lipinski definition) is 5. The van der Waals surface area contributed by atoms with E-state index in [9.17, 15) is 10.1 Å². The smallest absolute Gasteiger partial charge is 0.270 e. The van der Waals surface area contributed by atoms with Crippen molar-refractivity contribution in [1.82, 2.24) is 0 Å². The van der Waals surface area contributed by atoms with Crippen LogP contribution in [-0.4, -0.2) is 24.1 Å². The van der Waals surface area contributed by atoms with Gasteiger partial charge in [-0.15, -0.1) is 0 Å². The van der Waals surface area contributed by atoms with Crippen molar-refractivity contribution in [2.45, 2.75) is 12.5 Å². The molecule has 17 heavy (non-hydrogen) atoms. The molecule has 1 aromatic rings. The van der Waals surface area contributed by atoms with Gasteiger partial charge >= 0.3 is 0 Å². The predicted molar refractivity (Wildman–Crippen MR) is 62.6 cm³/mol. The standard InChI is InChI=1S/C11H12N4O2/c12-6-8-5-10(15(16)17)1-2-11(8)14-4-3-9(13)7-14/h1-2,5,9H,3-4,7,13H2. The Morgan fingerprint density at radius 1 is 1.59 bits per heavy atom. The molecule has 0 spiro atoms. The Kier molecular flexibility index (Phi) is 2.93. The van der Waals surface area contributed by atoms with Crippen molar-refractivity contribution in [3.05, 3.63) is 33.9 Å². The van der Waals surface area contributed by atoms with Crippen molar-refractivity contribution in [1.29, 1.82) is 5.26 Å². The molecule has 1 heterocycles. The van der Waals surface area contributed by atoms with Crippen LogP contribution in [0.3, 0.4) is 0 Å². The van der Waals surface area contributed by atoms with Gasteiger partial charge in [0.2, 0.25) is 0 Å². The maximum absolute atomic E-state index is 10.6. The van der Waals surface area contributed by atoms with E-state index in [0.717, 1.165) is 18.7 Å². The molecule has 6 heteroatoms. The number of benzene rings is 1. The molecular weight excluding hydrogens is 220 g/mol. The van der Waals surface area contributed by atoms with Crippen molar-refractivity contribution in [3.63, 3.8) is 0 Å². The lowest BCUT2D eigenvalue weighted by atomic mass is 10.1. The van der Waals surface area contributed by atoms with E-state index >= 15 is 0 Å². The highest BCUT2D eigenvalue weighted by Crippen LogP contribution is 2.27. The summed E-state index contributed by atoms with van der Waals surface area (Å²) in [6.45, 7) is 1.47. The molecule has 0 amide bonds. The van der Waals surface area contributed by atoms with Crippen LogP contribution < -0.4 is 10.6 Å². The highest BCUT2D eigenvalue weighted by atomic mass is 16.6. The topological polar surface area (TPSA) is 96.2 Å². The van der Waals surface area contributed by atoms with Crippen LogP contribution in [0.2, 0.25) is 0 Å². The molecule has 0 aromatic heterocycles. The first-order chi connectivity index (χ1) is 8.11. The summed E-state index contributed by atoms with van der Waals surface area (Å²) in [6, 6.07) is 6.44. The molecule has 2 N–H and O–H groups in total. The van der Waals surface area contributed by atoms with Gasteiger partial charge in [0.25, 0.3) is 5.69 Å². The lowest BCUT2D eigenvalue weighted by molar-refractivity contribution is -0.384. The van der Waals surface area contributed by atoms with Gasteiger partial charge in [-0.1, -0.05) is 0 Å². The molecule has 1 unspecified atom stereocenters. The second-order valence-corrected chi connectivity index (χ2v) is 4.07. The maximum atomic E-state index is 10.6. The lowest BCUT2D eigenvalue weighted by Crippen LogP contribution is -2.26. The van der Waals surface area contributed by atoms with Crippen LogP contribution in [-0.2, 0) is 0 Å². The average molecular weight is 232 g/mol. The van der Waals surface area contributed by atoms with Gasteiger partial charge < -0.3 is 10.6 Å². The van der Waals surface area contributed by atoms with Crippen LogP contribution >= 0.6 is 0 Å². The van der Waals surface area contributed by atoms with Gasteiger partial charge in [0, 0.05) is 31.3 Å². The predicted octanol–water partition coefficient (Wildman–Crippen LogP) is 1.00. The summed E-state index contributed by atoms with van der Waals surface area (Å²) < 4.78 is 0. The Morgan fingerprint density at radius 2 is 2.35 bits per heavy atom. The Hall–Kier alpha value is -2.13.